The number of nitriles is 1. The van der Waals surface area contributed by atoms with Crippen LogP contribution >= 0.6 is 23.2 Å². The Hall–Kier alpha value is -4.73. The van der Waals surface area contributed by atoms with Crippen LogP contribution in [0.15, 0.2) is 62.9 Å². The maximum Gasteiger partial charge on any atom is 0.349 e. The molecule has 0 aliphatic rings. The molecular weight excluding hydrogens is 551 g/mol. The predicted octanol–water partition coefficient (Wildman–Crippen LogP) is 3.39. The van der Waals surface area contributed by atoms with E-state index in [9.17, 15) is 19.2 Å². The van der Waals surface area contributed by atoms with E-state index in [2.05, 4.69) is 10.2 Å². The first-order chi connectivity index (χ1) is 18.6. The highest BCUT2D eigenvalue weighted by Gasteiger charge is 2.19. The minimum Gasteiger partial charge on any atom is -0.439 e. The van der Waals surface area contributed by atoms with E-state index in [1.165, 1.54) is 18.2 Å². The molecule has 2 heterocycles. The number of ether oxygens (including phenoxy) is 2. The van der Waals surface area contributed by atoms with Crippen molar-refractivity contribution in [3.05, 3.63) is 107 Å². The number of aromatic nitrogens is 5. The first-order valence-electron chi connectivity index (χ1n) is 11.2. The zero-order valence-corrected chi connectivity index (χ0v) is 21.9. The predicted molar refractivity (Wildman–Crippen MR) is 140 cm³/mol. The van der Waals surface area contributed by atoms with E-state index in [1.807, 2.05) is 4.98 Å². The summed E-state index contributed by atoms with van der Waals surface area (Å²) in [5.74, 6) is -1.01. The molecule has 0 amide bonds. The van der Waals surface area contributed by atoms with Gasteiger partial charge in [-0.25, -0.2) is 9.59 Å². The van der Waals surface area contributed by atoms with E-state index in [1.54, 1.807) is 50.2 Å². The summed E-state index contributed by atoms with van der Waals surface area (Å²) in [5, 5.41) is 16.7. The Morgan fingerprint density at radius 1 is 1.08 bits per heavy atom. The SMILES string of the molecule is CC(C)c1cc(Oc2c(Cl)cc(-n3nc(C#N)c(=O)[nH]c3=O)cc2Cl)nn(COC(=O)c2ccccc2)c1=O. The second kappa shape index (κ2) is 11.3. The Kier molecular flexibility index (Phi) is 7.94. The number of carbonyl (C=O) groups is 1. The zero-order chi connectivity index (χ0) is 28.3. The molecule has 0 atom stereocenters. The van der Waals surface area contributed by atoms with Crippen molar-refractivity contribution in [1.29, 1.82) is 5.26 Å². The van der Waals surface area contributed by atoms with Crippen LogP contribution in [0, 0.1) is 11.3 Å². The molecule has 4 aromatic rings. The average Bonchev–Trinajstić information content (AvgIpc) is 2.90. The van der Waals surface area contributed by atoms with Gasteiger partial charge >= 0.3 is 11.7 Å². The molecule has 0 bridgehead atoms. The van der Waals surface area contributed by atoms with Gasteiger partial charge in [0.05, 0.1) is 21.3 Å². The van der Waals surface area contributed by atoms with Crippen molar-refractivity contribution in [2.45, 2.75) is 26.5 Å². The van der Waals surface area contributed by atoms with Gasteiger partial charge in [0.2, 0.25) is 11.6 Å². The number of hydrogen-bond acceptors (Lipinski definition) is 9. The molecule has 1 N–H and O–H groups in total. The molecule has 39 heavy (non-hydrogen) atoms. The molecule has 4 rings (SSSR count). The molecule has 0 saturated heterocycles. The fourth-order valence-electron chi connectivity index (χ4n) is 3.38. The summed E-state index contributed by atoms with van der Waals surface area (Å²) in [5.41, 5.74) is -2.20. The zero-order valence-electron chi connectivity index (χ0n) is 20.3. The molecule has 12 nitrogen and oxygen atoms in total. The number of aromatic amines is 1. The van der Waals surface area contributed by atoms with Gasteiger partial charge in [-0.1, -0.05) is 55.2 Å². The van der Waals surface area contributed by atoms with E-state index in [0.717, 1.165) is 9.36 Å². The summed E-state index contributed by atoms with van der Waals surface area (Å²) in [6, 6.07) is 13.8. The number of esters is 1. The maximum absolute atomic E-state index is 12.9. The third kappa shape index (κ3) is 5.90. The lowest BCUT2D eigenvalue weighted by molar-refractivity contribution is 0.0336. The lowest BCUT2D eigenvalue weighted by atomic mass is 10.1. The number of halogens is 2. The topological polar surface area (TPSA) is 162 Å². The van der Waals surface area contributed by atoms with Gasteiger partial charge in [0, 0.05) is 11.6 Å². The third-order valence-electron chi connectivity index (χ3n) is 5.30. The summed E-state index contributed by atoms with van der Waals surface area (Å²) >= 11 is 12.8. The summed E-state index contributed by atoms with van der Waals surface area (Å²) in [4.78, 5) is 51.1. The van der Waals surface area contributed by atoms with Crippen molar-refractivity contribution in [3.63, 3.8) is 0 Å². The summed E-state index contributed by atoms with van der Waals surface area (Å²) in [6.45, 7) is 3.10. The fourth-order valence-corrected chi connectivity index (χ4v) is 3.94. The number of nitrogens with zero attached hydrogens (tertiary/aromatic N) is 5. The molecule has 14 heteroatoms. The first-order valence-corrected chi connectivity index (χ1v) is 12.0. The van der Waals surface area contributed by atoms with Crippen LogP contribution in [0.5, 0.6) is 11.6 Å². The van der Waals surface area contributed by atoms with E-state index < -0.39 is 35.2 Å². The van der Waals surface area contributed by atoms with E-state index in [4.69, 9.17) is 37.9 Å². The van der Waals surface area contributed by atoms with Gasteiger partial charge in [-0.05, 0) is 30.2 Å². The second-order valence-electron chi connectivity index (χ2n) is 8.30. The number of benzene rings is 2. The monoisotopic (exact) mass is 568 g/mol. The number of carbonyl (C=O) groups excluding carboxylic acids is 1. The fraction of sp³-hybridized carbons (Fsp3) is 0.160. The molecule has 0 fully saturated rings. The van der Waals surface area contributed by atoms with Gasteiger partial charge in [0.1, 0.15) is 6.07 Å². The smallest absolute Gasteiger partial charge is 0.349 e. The molecule has 2 aromatic carbocycles. The van der Waals surface area contributed by atoms with Gasteiger partial charge in [-0.2, -0.15) is 14.6 Å². The van der Waals surface area contributed by atoms with Crippen LogP contribution in [0.2, 0.25) is 10.0 Å². The normalized spacial score (nSPS) is 10.8. The lowest BCUT2D eigenvalue weighted by Crippen LogP contribution is -2.33. The highest BCUT2D eigenvalue weighted by atomic mass is 35.5. The molecule has 0 unspecified atom stereocenters. The molecule has 0 spiro atoms. The second-order valence-corrected chi connectivity index (χ2v) is 9.11. The molecule has 2 aromatic heterocycles. The molecule has 198 valence electrons. The highest BCUT2D eigenvalue weighted by Crippen LogP contribution is 2.37. The van der Waals surface area contributed by atoms with Crippen LogP contribution in [0.25, 0.3) is 5.69 Å². The number of H-pyrrole nitrogens is 1. The standard InChI is InChI=1S/C25H18Cl2N6O6/c1-13(2)16-10-20(31-32(23(16)35)12-38-24(36)14-6-4-3-5-7-14)39-21-17(26)8-15(9-18(21)27)33-25(37)29-22(34)19(11-28)30-33/h3-10,13H,12H2,1-2H3,(H,29,34,37). The lowest BCUT2D eigenvalue weighted by Gasteiger charge is -2.15. The first kappa shape index (κ1) is 27.3. The number of nitrogens with one attached hydrogen (secondary N) is 1. The van der Waals surface area contributed by atoms with Crippen LogP contribution < -0.4 is 21.5 Å². The molecule has 0 radical (unpaired) electrons. The van der Waals surface area contributed by atoms with Crippen molar-refractivity contribution in [2.24, 2.45) is 0 Å². The van der Waals surface area contributed by atoms with Gasteiger partial charge < -0.3 is 9.47 Å². The Morgan fingerprint density at radius 3 is 2.36 bits per heavy atom. The minimum absolute atomic E-state index is 0.0451. The van der Waals surface area contributed by atoms with Crippen molar-refractivity contribution in [2.75, 3.05) is 0 Å². The van der Waals surface area contributed by atoms with E-state index in [-0.39, 0.29) is 33.3 Å². The highest BCUT2D eigenvalue weighted by molar-refractivity contribution is 6.37. The van der Waals surface area contributed by atoms with E-state index >= 15 is 0 Å². The average molecular weight is 569 g/mol. The van der Waals surface area contributed by atoms with E-state index in [0.29, 0.717) is 11.1 Å². The Balaban J connectivity index is 1.67. The van der Waals surface area contributed by atoms with Crippen molar-refractivity contribution >= 4 is 29.2 Å². The maximum atomic E-state index is 12.9. The number of hydrogen-bond donors (Lipinski definition) is 1. The van der Waals surface area contributed by atoms with Gasteiger partial charge in [-0.15, -0.1) is 10.2 Å². The third-order valence-corrected chi connectivity index (χ3v) is 5.86. The number of rotatable bonds is 7. The quantitative estimate of drug-likeness (QED) is 0.329. The minimum atomic E-state index is -0.937. The summed E-state index contributed by atoms with van der Waals surface area (Å²) in [6.07, 6.45) is 0. The summed E-state index contributed by atoms with van der Waals surface area (Å²) in [7, 11) is 0. The van der Waals surface area contributed by atoms with Crippen molar-refractivity contribution < 1.29 is 14.3 Å². The summed E-state index contributed by atoms with van der Waals surface area (Å²) < 4.78 is 12.7. The van der Waals surface area contributed by atoms with Crippen LogP contribution in [0.4, 0.5) is 0 Å². The molecular formula is C25H18Cl2N6O6. The van der Waals surface area contributed by atoms with Crippen molar-refractivity contribution in [1.82, 2.24) is 24.5 Å². The Labute approximate surface area is 229 Å². The van der Waals surface area contributed by atoms with Crippen LogP contribution in [-0.2, 0) is 11.5 Å². The van der Waals surface area contributed by atoms with Gasteiger partial charge in [0.25, 0.3) is 11.1 Å². The van der Waals surface area contributed by atoms with Crippen molar-refractivity contribution in [3.8, 4) is 23.4 Å². The molecule has 0 saturated carbocycles. The Morgan fingerprint density at radius 2 is 1.74 bits per heavy atom. The van der Waals surface area contributed by atoms with Crippen LogP contribution in [0.1, 0.15) is 41.4 Å². The molecule has 0 aliphatic carbocycles. The van der Waals surface area contributed by atoms with Gasteiger partial charge in [-0.3, -0.25) is 14.6 Å². The van der Waals surface area contributed by atoms with Crippen LogP contribution in [-0.4, -0.2) is 30.5 Å². The largest absolute Gasteiger partial charge is 0.439 e. The molecule has 0 aliphatic heterocycles. The Bertz CT molecular complexity index is 1770. The van der Waals surface area contributed by atoms with Crippen LogP contribution in [0.3, 0.4) is 0 Å². The van der Waals surface area contributed by atoms with Gasteiger partial charge in [0.15, 0.2) is 12.5 Å².